The van der Waals surface area contributed by atoms with Crippen LogP contribution < -0.4 is 10.5 Å². The van der Waals surface area contributed by atoms with Gasteiger partial charge in [-0.1, -0.05) is 23.8 Å². The highest BCUT2D eigenvalue weighted by molar-refractivity contribution is 7.80. The van der Waals surface area contributed by atoms with Gasteiger partial charge in [0, 0.05) is 5.56 Å². The molecule has 16 heavy (non-hydrogen) atoms. The van der Waals surface area contributed by atoms with Crippen molar-refractivity contribution in [3.63, 3.8) is 0 Å². The van der Waals surface area contributed by atoms with E-state index in [4.69, 9.17) is 34.3 Å². The van der Waals surface area contributed by atoms with Gasteiger partial charge in [-0.05, 0) is 18.2 Å². The van der Waals surface area contributed by atoms with E-state index in [2.05, 4.69) is 4.74 Å². The summed E-state index contributed by atoms with van der Waals surface area (Å²) in [5, 5.41) is 0.342. The predicted octanol–water partition coefficient (Wildman–Crippen LogP) is 1.53. The Morgan fingerprint density at radius 2 is 2.25 bits per heavy atom. The van der Waals surface area contributed by atoms with Crippen LogP contribution in [0.15, 0.2) is 18.2 Å². The van der Waals surface area contributed by atoms with E-state index in [9.17, 15) is 4.79 Å². The van der Waals surface area contributed by atoms with Gasteiger partial charge in [-0.2, -0.15) is 0 Å². The molecule has 4 nitrogen and oxygen atoms in total. The second-order valence-electron chi connectivity index (χ2n) is 2.87. The van der Waals surface area contributed by atoms with E-state index in [1.165, 1.54) is 7.11 Å². The van der Waals surface area contributed by atoms with Gasteiger partial charge in [0.15, 0.2) is 6.61 Å². The van der Waals surface area contributed by atoms with Crippen LogP contribution in [0.25, 0.3) is 0 Å². The first-order valence-corrected chi connectivity index (χ1v) is 5.12. The fourth-order valence-electron chi connectivity index (χ4n) is 0.967. The molecule has 86 valence electrons. The molecular weight excluding hydrogens is 250 g/mol. The molecule has 0 saturated heterocycles. The van der Waals surface area contributed by atoms with E-state index in [1.54, 1.807) is 18.2 Å². The molecule has 0 aromatic heterocycles. The van der Waals surface area contributed by atoms with Gasteiger partial charge in [-0.25, -0.2) is 4.79 Å². The van der Waals surface area contributed by atoms with Gasteiger partial charge in [0.1, 0.15) is 10.7 Å². The molecule has 0 fully saturated rings. The Hall–Kier alpha value is -1.33. The van der Waals surface area contributed by atoms with Crippen LogP contribution in [0.3, 0.4) is 0 Å². The molecule has 0 heterocycles. The standard InChI is InChI=1S/C10H10ClNO3S/c1-14-9(13)5-15-8-3-2-6(10(12)16)4-7(8)11/h2-4H,5H2,1H3,(H2,12,16). The lowest BCUT2D eigenvalue weighted by Gasteiger charge is -2.07. The molecule has 0 amide bonds. The van der Waals surface area contributed by atoms with Crippen LogP contribution in [0.2, 0.25) is 5.02 Å². The predicted molar refractivity (Wildman–Crippen MR) is 64.9 cm³/mol. The van der Waals surface area contributed by atoms with Crippen molar-refractivity contribution in [3.8, 4) is 5.75 Å². The number of methoxy groups -OCH3 is 1. The van der Waals surface area contributed by atoms with Crippen molar-refractivity contribution < 1.29 is 14.3 Å². The number of carbonyl (C=O) groups excluding carboxylic acids is 1. The summed E-state index contributed by atoms with van der Waals surface area (Å²) in [5.41, 5.74) is 6.08. The third kappa shape index (κ3) is 3.36. The molecule has 0 aliphatic carbocycles. The van der Waals surface area contributed by atoms with Crippen molar-refractivity contribution in [2.75, 3.05) is 13.7 Å². The average molecular weight is 260 g/mol. The number of thiocarbonyl (C=S) groups is 1. The summed E-state index contributed by atoms with van der Waals surface area (Å²) in [6.45, 7) is -0.192. The van der Waals surface area contributed by atoms with E-state index < -0.39 is 5.97 Å². The maximum atomic E-state index is 10.8. The van der Waals surface area contributed by atoms with Crippen molar-refractivity contribution in [1.29, 1.82) is 0 Å². The molecule has 0 bridgehead atoms. The SMILES string of the molecule is COC(=O)COc1ccc(C(N)=S)cc1Cl. The van der Waals surface area contributed by atoms with E-state index in [0.29, 0.717) is 16.3 Å². The Labute approximate surface area is 103 Å². The molecule has 1 rings (SSSR count). The summed E-state index contributed by atoms with van der Waals surface area (Å²) in [4.78, 5) is 11.1. The quantitative estimate of drug-likeness (QED) is 0.656. The molecule has 0 aliphatic heterocycles. The van der Waals surface area contributed by atoms with Gasteiger partial charge in [-0.3, -0.25) is 0 Å². The Kier molecular flexibility index (Phi) is 4.52. The first-order valence-electron chi connectivity index (χ1n) is 4.33. The summed E-state index contributed by atoms with van der Waals surface area (Å²) in [6.07, 6.45) is 0. The fourth-order valence-corrected chi connectivity index (χ4v) is 1.33. The molecule has 0 saturated carbocycles. The summed E-state index contributed by atoms with van der Waals surface area (Å²) in [7, 11) is 1.28. The average Bonchev–Trinajstić information content (AvgIpc) is 2.26. The Morgan fingerprint density at radius 1 is 1.56 bits per heavy atom. The van der Waals surface area contributed by atoms with E-state index in [1.807, 2.05) is 0 Å². The van der Waals surface area contributed by atoms with Crippen molar-refractivity contribution in [2.24, 2.45) is 5.73 Å². The van der Waals surface area contributed by atoms with Crippen LogP contribution in [-0.2, 0) is 9.53 Å². The highest BCUT2D eigenvalue weighted by atomic mass is 35.5. The number of ether oxygens (including phenoxy) is 2. The summed E-state index contributed by atoms with van der Waals surface area (Å²) in [5.74, 6) is -0.0958. The smallest absolute Gasteiger partial charge is 0.343 e. The number of nitrogens with two attached hydrogens (primary N) is 1. The zero-order chi connectivity index (χ0) is 12.1. The normalized spacial score (nSPS) is 9.62. The zero-order valence-electron chi connectivity index (χ0n) is 8.53. The van der Waals surface area contributed by atoms with E-state index in [0.717, 1.165) is 0 Å². The minimum Gasteiger partial charge on any atom is -0.480 e. The van der Waals surface area contributed by atoms with Gasteiger partial charge in [-0.15, -0.1) is 0 Å². The minimum absolute atomic E-state index is 0.192. The van der Waals surface area contributed by atoms with Gasteiger partial charge in [0.2, 0.25) is 0 Å². The molecular formula is C10H10ClNO3S. The lowest BCUT2D eigenvalue weighted by molar-refractivity contribution is -0.142. The maximum absolute atomic E-state index is 10.8. The van der Waals surface area contributed by atoms with Crippen LogP contribution >= 0.6 is 23.8 Å². The zero-order valence-corrected chi connectivity index (χ0v) is 10.1. The maximum Gasteiger partial charge on any atom is 0.343 e. The first kappa shape index (κ1) is 12.7. The molecule has 0 spiro atoms. The van der Waals surface area contributed by atoms with Crippen LogP contribution in [0.1, 0.15) is 5.56 Å². The molecule has 1 aromatic carbocycles. The number of halogens is 1. The number of esters is 1. The fraction of sp³-hybridized carbons (Fsp3) is 0.200. The van der Waals surface area contributed by atoms with Gasteiger partial charge < -0.3 is 15.2 Å². The minimum atomic E-state index is -0.477. The van der Waals surface area contributed by atoms with Crippen molar-refractivity contribution in [3.05, 3.63) is 28.8 Å². The van der Waals surface area contributed by atoms with Crippen LogP contribution in [0.5, 0.6) is 5.75 Å². The molecule has 0 aliphatic rings. The van der Waals surface area contributed by atoms with Gasteiger partial charge in [0.05, 0.1) is 12.1 Å². The molecule has 0 unspecified atom stereocenters. The number of benzene rings is 1. The molecule has 0 atom stereocenters. The van der Waals surface area contributed by atoms with Crippen molar-refractivity contribution in [2.45, 2.75) is 0 Å². The highest BCUT2D eigenvalue weighted by Crippen LogP contribution is 2.25. The molecule has 0 radical (unpaired) electrons. The van der Waals surface area contributed by atoms with Crippen LogP contribution in [-0.4, -0.2) is 24.7 Å². The van der Waals surface area contributed by atoms with Gasteiger partial charge >= 0.3 is 5.97 Å². The van der Waals surface area contributed by atoms with Crippen LogP contribution in [0, 0.1) is 0 Å². The summed E-state index contributed by atoms with van der Waals surface area (Å²) < 4.78 is 9.56. The van der Waals surface area contributed by atoms with E-state index in [-0.39, 0.29) is 11.6 Å². The molecule has 6 heteroatoms. The lowest BCUT2D eigenvalue weighted by atomic mass is 10.2. The Morgan fingerprint density at radius 3 is 2.75 bits per heavy atom. The van der Waals surface area contributed by atoms with Crippen LogP contribution in [0.4, 0.5) is 0 Å². The number of rotatable bonds is 4. The molecule has 2 N–H and O–H groups in total. The second kappa shape index (κ2) is 5.67. The largest absolute Gasteiger partial charge is 0.480 e. The van der Waals surface area contributed by atoms with E-state index >= 15 is 0 Å². The monoisotopic (exact) mass is 259 g/mol. The summed E-state index contributed by atoms with van der Waals surface area (Å²) in [6, 6.07) is 4.84. The second-order valence-corrected chi connectivity index (χ2v) is 3.72. The highest BCUT2D eigenvalue weighted by Gasteiger charge is 2.07. The number of carbonyl (C=O) groups is 1. The number of hydrogen-bond donors (Lipinski definition) is 1. The Balaban J connectivity index is 2.75. The molecule has 1 aromatic rings. The lowest BCUT2D eigenvalue weighted by Crippen LogP contribution is -2.13. The Bertz CT molecular complexity index is 423. The third-order valence-corrected chi connectivity index (χ3v) is 2.32. The van der Waals surface area contributed by atoms with Gasteiger partial charge in [0.25, 0.3) is 0 Å². The summed E-state index contributed by atoms with van der Waals surface area (Å²) >= 11 is 10.7. The topological polar surface area (TPSA) is 61.5 Å². The van der Waals surface area contributed by atoms with Crippen molar-refractivity contribution in [1.82, 2.24) is 0 Å². The number of hydrogen-bond acceptors (Lipinski definition) is 4. The van der Waals surface area contributed by atoms with Crippen molar-refractivity contribution >= 4 is 34.8 Å². The third-order valence-electron chi connectivity index (χ3n) is 1.79. The first-order chi connectivity index (χ1) is 7.54.